The van der Waals surface area contributed by atoms with Crippen LogP contribution in [0.5, 0.6) is 5.75 Å². The van der Waals surface area contributed by atoms with E-state index in [-0.39, 0.29) is 11.0 Å². The molecule has 0 aliphatic heterocycles. The molecule has 1 amide bonds. The summed E-state index contributed by atoms with van der Waals surface area (Å²) >= 11 is 5.17. The minimum atomic E-state index is -0.246. The average molecular weight is 386 g/mol. The van der Waals surface area contributed by atoms with Crippen LogP contribution in [0.4, 0.5) is 0 Å². The number of carbonyl (C=O) groups excluding carboxylic acids is 1. The second kappa shape index (κ2) is 12.0. The lowest BCUT2D eigenvalue weighted by molar-refractivity contribution is 0.0976. The van der Waals surface area contributed by atoms with Crippen LogP contribution < -0.4 is 15.4 Å². The van der Waals surface area contributed by atoms with E-state index in [0.717, 1.165) is 17.7 Å². The van der Waals surface area contributed by atoms with E-state index in [9.17, 15) is 4.79 Å². The summed E-state index contributed by atoms with van der Waals surface area (Å²) in [7, 11) is 0. The summed E-state index contributed by atoms with van der Waals surface area (Å²) in [6.45, 7) is 3.42. The molecule has 2 aromatic rings. The van der Waals surface area contributed by atoms with Crippen molar-refractivity contribution >= 4 is 23.2 Å². The normalized spacial score (nSPS) is 10.3. The Bertz CT molecular complexity index is 705. The lowest BCUT2D eigenvalue weighted by Gasteiger charge is -2.10. The summed E-state index contributed by atoms with van der Waals surface area (Å²) in [5.74, 6) is 0.532. The molecule has 5 nitrogen and oxygen atoms in total. The molecule has 0 radical (unpaired) electrons. The van der Waals surface area contributed by atoms with E-state index in [1.54, 1.807) is 24.5 Å². The van der Waals surface area contributed by atoms with Gasteiger partial charge < -0.3 is 10.1 Å². The first-order valence-electron chi connectivity index (χ1n) is 9.40. The highest BCUT2D eigenvalue weighted by atomic mass is 32.1. The number of nitrogens with zero attached hydrogens (tertiary/aromatic N) is 1. The number of ether oxygens (including phenoxy) is 1. The van der Waals surface area contributed by atoms with E-state index in [0.29, 0.717) is 18.7 Å². The van der Waals surface area contributed by atoms with Gasteiger partial charge in [0.2, 0.25) is 0 Å². The van der Waals surface area contributed by atoms with Crippen LogP contribution in [0.1, 0.15) is 54.9 Å². The molecular weight excluding hydrogens is 358 g/mol. The maximum absolute atomic E-state index is 12.2. The summed E-state index contributed by atoms with van der Waals surface area (Å²) in [5, 5.41) is 5.96. The van der Waals surface area contributed by atoms with Gasteiger partial charge in [-0.05, 0) is 54.5 Å². The number of amides is 1. The molecule has 1 aromatic carbocycles. The molecule has 6 heteroatoms. The SMILES string of the molecule is CCCCCCCOc1ccc(C(=O)NC(=S)NCc2cccnc2)cc1. The summed E-state index contributed by atoms with van der Waals surface area (Å²) < 4.78 is 5.71. The lowest BCUT2D eigenvalue weighted by Crippen LogP contribution is -2.38. The highest BCUT2D eigenvalue weighted by Gasteiger charge is 2.08. The van der Waals surface area contributed by atoms with Crippen LogP contribution in [-0.2, 0) is 6.54 Å². The molecular formula is C21H27N3O2S. The van der Waals surface area contributed by atoms with E-state index in [2.05, 4.69) is 22.5 Å². The van der Waals surface area contributed by atoms with Crippen LogP contribution in [0.15, 0.2) is 48.8 Å². The second-order valence-corrected chi connectivity index (χ2v) is 6.69. The molecule has 0 fully saturated rings. The van der Waals surface area contributed by atoms with Crippen molar-refractivity contribution in [2.75, 3.05) is 6.61 Å². The van der Waals surface area contributed by atoms with Gasteiger partial charge in [-0.25, -0.2) is 0 Å². The molecule has 144 valence electrons. The third kappa shape index (κ3) is 8.17. The van der Waals surface area contributed by atoms with E-state index < -0.39 is 0 Å². The van der Waals surface area contributed by atoms with Gasteiger partial charge in [0.25, 0.3) is 5.91 Å². The Labute approximate surface area is 166 Å². The van der Waals surface area contributed by atoms with E-state index in [1.807, 2.05) is 24.3 Å². The number of pyridine rings is 1. The third-order valence-corrected chi connectivity index (χ3v) is 4.28. The van der Waals surface area contributed by atoms with Gasteiger partial charge in [0.15, 0.2) is 5.11 Å². The van der Waals surface area contributed by atoms with Gasteiger partial charge in [-0.1, -0.05) is 38.7 Å². The summed E-state index contributed by atoms with van der Waals surface area (Å²) in [6.07, 6.45) is 9.49. The van der Waals surface area contributed by atoms with Gasteiger partial charge >= 0.3 is 0 Å². The van der Waals surface area contributed by atoms with Crippen molar-refractivity contribution in [3.8, 4) is 5.75 Å². The van der Waals surface area contributed by atoms with Crippen molar-refractivity contribution in [1.82, 2.24) is 15.6 Å². The van der Waals surface area contributed by atoms with Crippen LogP contribution in [0, 0.1) is 0 Å². The summed E-state index contributed by atoms with van der Waals surface area (Å²) in [4.78, 5) is 16.3. The zero-order valence-corrected chi connectivity index (χ0v) is 16.6. The Morgan fingerprint density at radius 1 is 1.11 bits per heavy atom. The number of aromatic nitrogens is 1. The molecule has 0 spiro atoms. The fourth-order valence-electron chi connectivity index (χ4n) is 2.50. The molecule has 0 bridgehead atoms. The molecule has 0 atom stereocenters. The fraction of sp³-hybridized carbons (Fsp3) is 0.381. The Balaban J connectivity index is 1.70. The van der Waals surface area contributed by atoms with Gasteiger partial charge in [-0.2, -0.15) is 0 Å². The zero-order valence-electron chi connectivity index (χ0n) is 15.7. The minimum Gasteiger partial charge on any atom is -0.494 e. The number of carbonyl (C=O) groups is 1. The smallest absolute Gasteiger partial charge is 0.257 e. The van der Waals surface area contributed by atoms with Crippen molar-refractivity contribution in [2.45, 2.75) is 45.6 Å². The summed E-state index contributed by atoms with van der Waals surface area (Å²) in [6, 6.07) is 10.9. The molecule has 2 rings (SSSR count). The maximum Gasteiger partial charge on any atom is 0.257 e. The van der Waals surface area contributed by atoms with Crippen LogP contribution in [0.3, 0.4) is 0 Å². The number of thiocarbonyl (C=S) groups is 1. The van der Waals surface area contributed by atoms with E-state index in [4.69, 9.17) is 17.0 Å². The standard InChI is InChI=1S/C21H27N3O2S/c1-2-3-4-5-6-14-26-19-11-9-18(10-12-19)20(25)24-21(27)23-16-17-8-7-13-22-15-17/h7-13,15H,2-6,14,16H2,1H3,(H2,23,24,25,27). The Kier molecular flexibility index (Phi) is 9.27. The highest BCUT2D eigenvalue weighted by Crippen LogP contribution is 2.13. The topological polar surface area (TPSA) is 63.2 Å². The van der Waals surface area contributed by atoms with E-state index >= 15 is 0 Å². The Morgan fingerprint density at radius 3 is 2.59 bits per heavy atom. The highest BCUT2D eigenvalue weighted by molar-refractivity contribution is 7.80. The van der Waals surface area contributed by atoms with Crippen LogP contribution in [0.2, 0.25) is 0 Å². The van der Waals surface area contributed by atoms with Gasteiger partial charge in [-0.15, -0.1) is 0 Å². The molecule has 1 heterocycles. The van der Waals surface area contributed by atoms with E-state index in [1.165, 1.54) is 25.7 Å². The van der Waals surface area contributed by atoms with Crippen molar-refractivity contribution in [1.29, 1.82) is 0 Å². The van der Waals surface area contributed by atoms with Crippen LogP contribution in [0.25, 0.3) is 0 Å². The minimum absolute atomic E-state index is 0.246. The molecule has 0 saturated carbocycles. The fourth-order valence-corrected chi connectivity index (χ4v) is 2.67. The second-order valence-electron chi connectivity index (χ2n) is 6.29. The first-order chi connectivity index (χ1) is 13.2. The molecule has 0 aliphatic carbocycles. The van der Waals surface area contributed by atoms with Crippen LogP contribution >= 0.6 is 12.2 Å². The largest absolute Gasteiger partial charge is 0.494 e. The number of unbranched alkanes of at least 4 members (excludes halogenated alkanes) is 4. The maximum atomic E-state index is 12.2. The van der Waals surface area contributed by atoms with Crippen molar-refractivity contribution in [3.05, 3.63) is 59.9 Å². The quantitative estimate of drug-likeness (QED) is 0.473. The number of rotatable bonds is 10. The average Bonchev–Trinajstić information content (AvgIpc) is 2.70. The Morgan fingerprint density at radius 2 is 1.89 bits per heavy atom. The molecule has 2 N–H and O–H groups in total. The van der Waals surface area contributed by atoms with Crippen LogP contribution in [-0.4, -0.2) is 22.6 Å². The van der Waals surface area contributed by atoms with Gasteiger partial charge in [0.05, 0.1) is 6.61 Å². The molecule has 0 unspecified atom stereocenters. The molecule has 0 aliphatic rings. The number of nitrogens with one attached hydrogen (secondary N) is 2. The van der Waals surface area contributed by atoms with Crippen molar-refractivity contribution < 1.29 is 9.53 Å². The predicted molar refractivity (Wildman–Crippen MR) is 112 cm³/mol. The first-order valence-corrected chi connectivity index (χ1v) is 9.81. The van der Waals surface area contributed by atoms with Gasteiger partial charge in [0.1, 0.15) is 5.75 Å². The summed E-state index contributed by atoms with van der Waals surface area (Å²) in [5.41, 5.74) is 1.53. The predicted octanol–water partition coefficient (Wildman–Crippen LogP) is 4.24. The third-order valence-electron chi connectivity index (χ3n) is 4.04. The lowest BCUT2D eigenvalue weighted by atomic mass is 10.2. The monoisotopic (exact) mass is 385 g/mol. The van der Waals surface area contributed by atoms with Gasteiger partial charge in [0, 0.05) is 24.5 Å². The molecule has 27 heavy (non-hydrogen) atoms. The number of hydrogen-bond donors (Lipinski definition) is 2. The zero-order chi connectivity index (χ0) is 19.3. The molecule has 0 saturated heterocycles. The van der Waals surface area contributed by atoms with Gasteiger partial charge in [-0.3, -0.25) is 15.1 Å². The number of hydrogen-bond acceptors (Lipinski definition) is 4. The number of benzene rings is 1. The van der Waals surface area contributed by atoms with Crippen molar-refractivity contribution in [3.63, 3.8) is 0 Å². The molecule has 1 aromatic heterocycles. The van der Waals surface area contributed by atoms with Crippen molar-refractivity contribution in [2.24, 2.45) is 0 Å². The Hall–Kier alpha value is -2.47. The first kappa shape index (κ1) is 20.8.